The molecule has 0 fully saturated rings. The summed E-state index contributed by atoms with van der Waals surface area (Å²) in [5.41, 5.74) is 15.4. The molecule has 0 atom stereocenters. The molecule has 1 aliphatic rings. The van der Waals surface area contributed by atoms with Gasteiger partial charge >= 0.3 is 0 Å². The monoisotopic (exact) mass is 695 g/mol. The summed E-state index contributed by atoms with van der Waals surface area (Å²) in [7, 11) is 0. The summed E-state index contributed by atoms with van der Waals surface area (Å²) in [5.74, 6) is 1.97. The molecular formula is C51H41N3. The molecule has 3 heteroatoms. The van der Waals surface area contributed by atoms with Crippen molar-refractivity contribution in [3.8, 4) is 78.7 Å². The van der Waals surface area contributed by atoms with E-state index in [-0.39, 0.29) is 10.8 Å². The number of aromatic nitrogens is 3. The summed E-state index contributed by atoms with van der Waals surface area (Å²) in [6, 6.07) is 62.4. The third-order valence-electron chi connectivity index (χ3n) is 11.7. The van der Waals surface area contributed by atoms with E-state index in [4.69, 9.17) is 15.0 Å². The molecule has 0 radical (unpaired) electrons. The Morgan fingerprint density at radius 3 is 1.24 bits per heavy atom. The van der Waals surface area contributed by atoms with Gasteiger partial charge in [-0.05, 0) is 72.5 Å². The molecule has 7 aromatic carbocycles. The summed E-state index contributed by atoms with van der Waals surface area (Å²) in [6.45, 7) is 9.63. The largest absolute Gasteiger partial charge is 0.208 e. The molecule has 1 aromatic heterocycles. The van der Waals surface area contributed by atoms with Crippen molar-refractivity contribution in [2.24, 2.45) is 0 Å². The maximum Gasteiger partial charge on any atom is 0.164 e. The van der Waals surface area contributed by atoms with Gasteiger partial charge < -0.3 is 0 Å². The topological polar surface area (TPSA) is 38.7 Å². The number of nitrogens with zero attached hydrogens (tertiary/aromatic N) is 3. The van der Waals surface area contributed by atoms with Gasteiger partial charge in [-0.25, -0.2) is 15.0 Å². The van der Waals surface area contributed by atoms with Crippen LogP contribution in [0.3, 0.4) is 0 Å². The highest BCUT2D eigenvalue weighted by Crippen LogP contribution is 2.56. The summed E-state index contributed by atoms with van der Waals surface area (Å²) in [6.07, 6.45) is 0. The van der Waals surface area contributed by atoms with Gasteiger partial charge in [-0.15, -0.1) is 0 Å². The van der Waals surface area contributed by atoms with Crippen molar-refractivity contribution in [2.45, 2.75) is 38.5 Å². The first-order valence-electron chi connectivity index (χ1n) is 18.7. The van der Waals surface area contributed by atoms with E-state index in [2.05, 4.69) is 143 Å². The molecule has 9 rings (SSSR count). The van der Waals surface area contributed by atoms with Crippen molar-refractivity contribution in [1.29, 1.82) is 0 Å². The van der Waals surface area contributed by atoms with E-state index in [1.807, 2.05) is 60.7 Å². The van der Waals surface area contributed by atoms with Crippen molar-refractivity contribution in [2.75, 3.05) is 0 Å². The summed E-state index contributed by atoms with van der Waals surface area (Å²) >= 11 is 0. The van der Waals surface area contributed by atoms with Crippen LogP contribution in [-0.2, 0) is 10.8 Å². The first-order valence-corrected chi connectivity index (χ1v) is 18.7. The normalized spacial score (nSPS) is 13.9. The Morgan fingerprint density at radius 1 is 0.296 bits per heavy atom. The Labute approximate surface area is 318 Å². The Morgan fingerprint density at radius 2 is 0.685 bits per heavy atom. The Kier molecular flexibility index (Phi) is 8.16. The van der Waals surface area contributed by atoms with Crippen molar-refractivity contribution in [3.63, 3.8) is 0 Å². The van der Waals surface area contributed by atoms with E-state index >= 15 is 0 Å². The lowest BCUT2D eigenvalue weighted by atomic mass is 9.54. The molecule has 0 saturated heterocycles. The highest BCUT2D eigenvalue weighted by atomic mass is 15.0. The number of hydrogen-bond acceptors (Lipinski definition) is 3. The minimum atomic E-state index is -0.112. The molecule has 1 aliphatic carbocycles. The first-order chi connectivity index (χ1) is 26.3. The standard InChI is InChI=1S/C51H41N3/c1-50(2)44-26-16-25-42(34-17-8-5-9-18-34)46(44)43-32-31-39(33-45(43)51(50,3)4)41-24-15-14-23-40(41)35-27-29-38(30-28-35)49-53-47(36-19-10-6-11-20-36)52-48(54-49)37-21-12-7-13-22-37/h5-33H,1-4H3. The van der Waals surface area contributed by atoms with E-state index in [0.29, 0.717) is 17.5 Å². The van der Waals surface area contributed by atoms with Crippen LogP contribution in [0.1, 0.15) is 38.8 Å². The maximum absolute atomic E-state index is 4.95. The Balaban J connectivity index is 1.13. The van der Waals surface area contributed by atoms with Gasteiger partial charge in [0.2, 0.25) is 0 Å². The molecule has 3 nitrogen and oxygen atoms in total. The molecule has 0 bridgehead atoms. The number of benzene rings is 7. The fourth-order valence-corrected chi connectivity index (χ4v) is 8.06. The van der Waals surface area contributed by atoms with Crippen molar-refractivity contribution < 1.29 is 0 Å². The van der Waals surface area contributed by atoms with Gasteiger partial charge in [-0.2, -0.15) is 0 Å². The minimum absolute atomic E-state index is 0.0934. The average Bonchev–Trinajstić information content (AvgIpc) is 3.23. The molecule has 0 saturated carbocycles. The predicted octanol–water partition coefficient (Wildman–Crippen LogP) is 13.1. The number of fused-ring (bicyclic) bond motifs is 3. The van der Waals surface area contributed by atoms with E-state index in [1.165, 1.54) is 50.1 Å². The molecular weight excluding hydrogens is 655 g/mol. The second-order valence-electron chi connectivity index (χ2n) is 15.3. The molecule has 0 N–H and O–H groups in total. The van der Waals surface area contributed by atoms with Crippen LogP contribution in [0.15, 0.2) is 176 Å². The van der Waals surface area contributed by atoms with Gasteiger partial charge in [-0.3, -0.25) is 0 Å². The van der Waals surface area contributed by atoms with Crippen LogP contribution in [0, 0.1) is 0 Å². The molecule has 0 aliphatic heterocycles. The van der Waals surface area contributed by atoms with Crippen molar-refractivity contribution in [1.82, 2.24) is 15.0 Å². The highest BCUT2D eigenvalue weighted by molar-refractivity contribution is 5.93. The lowest BCUT2D eigenvalue weighted by molar-refractivity contribution is 0.299. The van der Waals surface area contributed by atoms with Crippen LogP contribution < -0.4 is 0 Å². The fourth-order valence-electron chi connectivity index (χ4n) is 8.06. The zero-order valence-electron chi connectivity index (χ0n) is 31.1. The van der Waals surface area contributed by atoms with E-state index < -0.39 is 0 Å². The third-order valence-corrected chi connectivity index (χ3v) is 11.7. The predicted molar refractivity (Wildman–Crippen MR) is 224 cm³/mol. The van der Waals surface area contributed by atoms with Crippen molar-refractivity contribution in [3.05, 3.63) is 187 Å². The number of rotatable bonds is 6. The molecule has 0 unspecified atom stereocenters. The zero-order valence-corrected chi connectivity index (χ0v) is 31.1. The average molecular weight is 696 g/mol. The summed E-state index contributed by atoms with van der Waals surface area (Å²) in [4.78, 5) is 14.8. The molecule has 1 heterocycles. The second-order valence-corrected chi connectivity index (χ2v) is 15.3. The third kappa shape index (κ3) is 5.64. The van der Waals surface area contributed by atoms with E-state index in [0.717, 1.165) is 22.3 Å². The van der Waals surface area contributed by atoms with Crippen LogP contribution in [0.5, 0.6) is 0 Å². The van der Waals surface area contributed by atoms with Crippen LogP contribution in [0.2, 0.25) is 0 Å². The molecule has 0 spiro atoms. The zero-order chi connectivity index (χ0) is 36.9. The number of hydrogen-bond donors (Lipinski definition) is 0. The van der Waals surface area contributed by atoms with Crippen LogP contribution in [-0.4, -0.2) is 15.0 Å². The molecule has 260 valence electrons. The Hall–Kier alpha value is -6.45. The van der Waals surface area contributed by atoms with Crippen molar-refractivity contribution >= 4 is 0 Å². The van der Waals surface area contributed by atoms with Gasteiger partial charge in [0.15, 0.2) is 17.5 Å². The molecule has 54 heavy (non-hydrogen) atoms. The molecule has 0 amide bonds. The fraction of sp³-hybridized carbons (Fsp3) is 0.118. The lowest BCUT2D eigenvalue weighted by Crippen LogP contribution is -2.43. The van der Waals surface area contributed by atoms with E-state index in [1.54, 1.807) is 0 Å². The van der Waals surface area contributed by atoms with Gasteiger partial charge in [0.25, 0.3) is 0 Å². The van der Waals surface area contributed by atoms with Crippen LogP contribution >= 0.6 is 0 Å². The molecule has 8 aromatic rings. The SMILES string of the molecule is CC1(C)c2cc(-c3ccccc3-c3ccc(-c4nc(-c5ccccc5)nc(-c5ccccc5)n4)cc3)ccc2-c2c(-c3ccccc3)cccc2C1(C)C. The maximum atomic E-state index is 4.95. The van der Waals surface area contributed by atoms with Gasteiger partial charge in [0.05, 0.1) is 0 Å². The first kappa shape index (κ1) is 33.4. The highest BCUT2D eigenvalue weighted by Gasteiger charge is 2.46. The van der Waals surface area contributed by atoms with Gasteiger partial charge in [0, 0.05) is 16.7 Å². The Bertz CT molecular complexity index is 2570. The quantitative estimate of drug-likeness (QED) is 0.174. The summed E-state index contributed by atoms with van der Waals surface area (Å²) < 4.78 is 0. The van der Waals surface area contributed by atoms with Gasteiger partial charge in [0.1, 0.15) is 0 Å². The van der Waals surface area contributed by atoms with Crippen LogP contribution in [0.4, 0.5) is 0 Å². The van der Waals surface area contributed by atoms with Crippen LogP contribution in [0.25, 0.3) is 78.7 Å². The second kappa shape index (κ2) is 13.2. The van der Waals surface area contributed by atoms with E-state index in [9.17, 15) is 0 Å². The lowest BCUT2D eigenvalue weighted by Gasteiger charge is -2.49. The summed E-state index contributed by atoms with van der Waals surface area (Å²) in [5, 5.41) is 0. The van der Waals surface area contributed by atoms with Gasteiger partial charge in [-0.1, -0.05) is 198 Å². The minimum Gasteiger partial charge on any atom is -0.208 e. The smallest absolute Gasteiger partial charge is 0.164 e.